The van der Waals surface area contributed by atoms with Crippen LogP contribution in [0.2, 0.25) is 0 Å². The minimum absolute atomic E-state index is 0.0633. The molecule has 1 amide bonds. The Morgan fingerprint density at radius 3 is 2.78 bits per heavy atom. The third kappa shape index (κ3) is 2.86. The lowest BCUT2D eigenvalue weighted by Gasteiger charge is -2.07. The average molecular weight is 310 g/mol. The zero-order valence-corrected chi connectivity index (χ0v) is 14.0. The number of fused-ring (bicyclic) bond motifs is 1. The van der Waals surface area contributed by atoms with Gasteiger partial charge in [-0.1, -0.05) is 0 Å². The van der Waals surface area contributed by atoms with Gasteiger partial charge in [-0.3, -0.25) is 9.48 Å². The lowest BCUT2D eigenvalue weighted by molar-refractivity contribution is 0.0950. The minimum Gasteiger partial charge on any atom is -0.358 e. The second-order valence-corrected chi connectivity index (χ2v) is 5.91. The quantitative estimate of drug-likeness (QED) is 0.777. The Morgan fingerprint density at radius 2 is 2.04 bits per heavy atom. The van der Waals surface area contributed by atoms with Crippen LogP contribution in [-0.4, -0.2) is 20.7 Å². The maximum Gasteiger partial charge on any atom is 0.251 e. The maximum absolute atomic E-state index is 12.4. The fourth-order valence-corrected chi connectivity index (χ4v) is 2.89. The molecule has 5 heteroatoms. The minimum atomic E-state index is -0.0633. The average Bonchev–Trinajstić information content (AvgIpc) is 3.04. The predicted octanol–water partition coefficient (Wildman–Crippen LogP) is 3.24. The van der Waals surface area contributed by atoms with Crippen LogP contribution < -0.4 is 5.32 Å². The Hall–Kier alpha value is -2.56. The summed E-state index contributed by atoms with van der Waals surface area (Å²) in [5.74, 6) is -0.0633. The lowest BCUT2D eigenvalue weighted by Crippen LogP contribution is -2.24. The van der Waals surface area contributed by atoms with Gasteiger partial charge in [0.05, 0.1) is 17.9 Å². The van der Waals surface area contributed by atoms with Crippen LogP contribution in [0.25, 0.3) is 10.9 Å². The fraction of sp³-hybridized carbons (Fsp3) is 0.333. The molecule has 3 aromatic rings. The van der Waals surface area contributed by atoms with E-state index in [1.165, 1.54) is 5.56 Å². The highest BCUT2D eigenvalue weighted by atomic mass is 16.1. The molecule has 0 aliphatic rings. The smallest absolute Gasteiger partial charge is 0.251 e. The number of aromatic amines is 1. The first-order chi connectivity index (χ1) is 11.0. The van der Waals surface area contributed by atoms with Crippen LogP contribution in [-0.2, 0) is 13.1 Å². The van der Waals surface area contributed by atoms with Crippen molar-refractivity contribution in [3.8, 4) is 0 Å². The summed E-state index contributed by atoms with van der Waals surface area (Å²) in [5.41, 5.74) is 6.06. The summed E-state index contributed by atoms with van der Waals surface area (Å²) in [6.07, 6.45) is 0. The van der Waals surface area contributed by atoms with Crippen molar-refractivity contribution in [3.05, 3.63) is 52.5 Å². The number of benzene rings is 1. The van der Waals surface area contributed by atoms with E-state index < -0.39 is 0 Å². The standard InChI is InChI=1S/C18H22N4O/c1-5-22-15(8-11(2)21-22)10-19-18(23)14-6-7-17-16(9-14)12(3)13(4)20-17/h6-9,20H,5,10H2,1-4H3,(H,19,23). The van der Waals surface area contributed by atoms with E-state index >= 15 is 0 Å². The lowest BCUT2D eigenvalue weighted by atomic mass is 10.1. The molecule has 23 heavy (non-hydrogen) atoms. The van der Waals surface area contributed by atoms with Gasteiger partial charge in [0, 0.05) is 28.7 Å². The zero-order chi connectivity index (χ0) is 16.6. The summed E-state index contributed by atoms with van der Waals surface area (Å²) in [6, 6.07) is 7.78. The van der Waals surface area contributed by atoms with Gasteiger partial charge in [0.15, 0.2) is 0 Å². The second kappa shape index (κ2) is 5.91. The van der Waals surface area contributed by atoms with Crippen LogP contribution in [0.4, 0.5) is 0 Å². The summed E-state index contributed by atoms with van der Waals surface area (Å²) < 4.78 is 1.92. The van der Waals surface area contributed by atoms with E-state index in [4.69, 9.17) is 0 Å². The number of nitrogens with one attached hydrogen (secondary N) is 2. The molecular weight excluding hydrogens is 288 g/mol. The van der Waals surface area contributed by atoms with Gasteiger partial charge in [0.2, 0.25) is 0 Å². The SMILES string of the molecule is CCn1nc(C)cc1CNC(=O)c1ccc2[nH]c(C)c(C)c2c1. The predicted molar refractivity (Wildman–Crippen MR) is 91.6 cm³/mol. The molecule has 0 radical (unpaired) electrons. The maximum atomic E-state index is 12.4. The first kappa shape index (κ1) is 15.3. The van der Waals surface area contributed by atoms with E-state index in [9.17, 15) is 4.79 Å². The molecule has 0 aliphatic carbocycles. The molecule has 0 spiro atoms. The summed E-state index contributed by atoms with van der Waals surface area (Å²) in [6.45, 7) is 9.40. The molecule has 2 heterocycles. The molecule has 2 N–H and O–H groups in total. The van der Waals surface area contributed by atoms with Gasteiger partial charge in [0.25, 0.3) is 5.91 Å². The van der Waals surface area contributed by atoms with Crippen LogP contribution in [0, 0.1) is 20.8 Å². The Balaban J connectivity index is 1.79. The zero-order valence-electron chi connectivity index (χ0n) is 14.0. The summed E-state index contributed by atoms with van der Waals surface area (Å²) in [5, 5.41) is 8.48. The first-order valence-electron chi connectivity index (χ1n) is 7.90. The van der Waals surface area contributed by atoms with Crippen molar-refractivity contribution in [1.82, 2.24) is 20.1 Å². The number of carbonyl (C=O) groups is 1. The number of H-pyrrole nitrogens is 1. The Morgan fingerprint density at radius 1 is 1.26 bits per heavy atom. The van der Waals surface area contributed by atoms with Crippen LogP contribution in [0.5, 0.6) is 0 Å². The summed E-state index contributed by atoms with van der Waals surface area (Å²) in [7, 11) is 0. The Bertz CT molecular complexity index is 873. The molecule has 2 aromatic heterocycles. The molecule has 3 rings (SSSR count). The van der Waals surface area contributed by atoms with Crippen molar-refractivity contribution >= 4 is 16.8 Å². The van der Waals surface area contributed by atoms with Gasteiger partial charge in [-0.25, -0.2) is 0 Å². The number of nitrogens with zero attached hydrogens (tertiary/aromatic N) is 2. The van der Waals surface area contributed by atoms with E-state index in [1.54, 1.807) is 0 Å². The number of carbonyl (C=O) groups excluding carboxylic acids is 1. The molecule has 0 unspecified atom stereocenters. The normalized spacial score (nSPS) is 11.1. The Labute approximate surface area is 135 Å². The van der Waals surface area contributed by atoms with Crippen molar-refractivity contribution in [2.75, 3.05) is 0 Å². The summed E-state index contributed by atoms with van der Waals surface area (Å²) >= 11 is 0. The second-order valence-electron chi connectivity index (χ2n) is 5.91. The van der Waals surface area contributed by atoms with E-state index in [2.05, 4.69) is 22.3 Å². The first-order valence-corrected chi connectivity index (χ1v) is 7.90. The monoisotopic (exact) mass is 310 g/mol. The molecule has 120 valence electrons. The highest BCUT2D eigenvalue weighted by Crippen LogP contribution is 2.22. The van der Waals surface area contributed by atoms with Crippen LogP contribution in [0.1, 0.15) is 39.9 Å². The third-order valence-electron chi connectivity index (χ3n) is 4.29. The topological polar surface area (TPSA) is 62.7 Å². The van der Waals surface area contributed by atoms with Crippen molar-refractivity contribution in [2.24, 2.45) is 0 Å². The van der Waals surface area contributed by atoms with Gasteiger partial charge in [0.1, 0.15) is 0 Å². The largest absolute Gasteiger partial charge is 0.358 e. The van der Waals surface area contributed by atoms with Crippen molar-refractivity contribution in [1.29, 1.82) is 0 Å². The third-order valence-corrected chi connectivity index (χ3v) is 4.29. The van der Waals surface area contributed by atoms with Crippen LogP contribution >= 0.6 is 0 Å². The summed E-state index contributed by atoms with van der Waals surface area (Å²) in [4.78, 5) is 15.8. The molecule has 0 bridgehead atoms. The highest BCUT2D eigenvalue weighted by Gasteiger charge is 2.11. The van der Waals surface area contributed by atoms with E-state index in [1.807, 2.05) is 49.7 Å². The molecule has 5 nitrogen and oxygen atoms in total. The molecule has 0 saturated heterocycles. The molecular formula is C18H22N4O. The van der Waals surface area contributed by atoms with Gasteiger partial charge in [-0.2, -0.15) is 5.10 Å². The van der Waals surface area contributed by atoms with Crippen molar-refractivity contribution in [3.63, 3.8) is 0 Å². The van der Waals surface area contributed by atoms with E-state index in [-0.39, 0.29) is 5.91 Å². The molecule has 0 saturated carbocycles. The van der Waals surface area contributed by atoms with E-state index in [0.29, 0.717) is 12.1 Å². The number of hydrogen-bond acceptors (Lipinski definition) is 2. The molecule has 0 atom stereocenters. The van der Waals surface area contributed by atoms with E-state index in [0.717, 1.165) is 34.5 Å². The fourth-order valence-electron chi connectivity index (χ4n) is 2.89. The Kier molecular flexibility index (Phi) is 3.94. The van der Waals surface area contributed by atoms with Crippen molar-refractivity contribution < 1.29 is 4.79 Å². The molecule has 0 fully saturated rings. The highest BCUT2D eigenvalue weighted by molar-refractivity contribution is 5.99. The molecule has 1 aromatic carbocycles. The van der Waals surface area contributed by atoms with Crippen LogP contribution in [0.3, 0.4) is 0 Å². The van der Waals surface area contributed by atoms with Gasteiger partial charge < -0.3 is 10.3 Å². The number of rotatable bonds is 4. The van der Waals surface area contributed by atoms with Gasteiger partial charge in [-0.05, 0) is 57.5 Å². The van der Waals surface area contributed by atoms with Gasteiger partial charge >= 0.3 is 0 Å². The molecule has 0 aliphatic heterocycles. The van der Waals surface area contributed by atoms with Crippen LogP contribution in [0.15, 0.2) is 24.3 Å². The number of amides is 1. The van der Waals surface area contributed by atoms with Gasteiger partial charge in [-0.15, -0.1) is 0 Å². The van der Waals surface area contributed by atoms with Crippen molar-refractivity contribution in [2.45, 2.75) is 40.8 Å². The number of hydrogen-bond donors (Lipinski definition) is 2. The number of aryl methyl sites for hydroxylation is 4. The number of aromatic nitrogens is 3.